The number of guanidine groups is 1. The van der Waals surface area contributed by atoms with E-state index in [-0.39, 0.29) is 0 Å². The maximum Gasteiger partial charge on any atom is 0.191 e. The van der Waals surface area contributed by atoms with Crippen LogP contribution in [0.1, 0.15) is 25.3 Å². The highest BCUT2D eigenvalue weighted by Crippen LogP contribution is 2.21. The third-order valence-corrected chi connectivity index (χ3v) is 5.91. The smallest absolute Gasteiger partial charge is 0.191 e. The van der Waals surface area contributed by atoms with Gasteiger partial charge in [-0.1, -0.05) is 44.2 Å². The van der Waals surface area contributed by atoms with E-state index in [0.717, 1.165) is 61.5 Å². The van der Waals surface area contributed by atoms with Gasteiger partial charge in [-0.15, -0.1) is 11.3 Å². The minimum Gasteiger partial charge on any atom is -0.379 e. The first kappa shape index (κ1) is 21.7. The first-order chi connectivity index (χ1) is 14.2. The van der Waals surface area contributed by atoms with E-state index in [1.165, 1.54) is 0 Å². The zero-order valence-corrected chi connectivity index (χ0v) is 18.5. The molecule has 2 N–H and O–H groups in total. The molecule has 1 aliphatic rings. The van der Waals surface area contributed by atoms with Crippen molar-refractivity contribution in [1.29, 1.82) is 0 Å². The maximum atomic E-state index is 5.52. The number of morpholine rings is 1. The molecular weight excluding hydrogens is 382 g/mol. The number of rotatable bonds is 8. The van der Waals surface area contributed by atoms with Crippen LogP contribution in [-0.2, 0) is 11.3 Å². The van der Waals surface area contributed by atoms with Gasteiger partial charge in [0, 0.05) is 43.7 Å². The van der Waals surface area contributed by atoms with Crippen LogP contribution in [0.15, 0.2) is 40.7 Å². The molecule has 3 rings (SSSR count). The predicted octanol–water partition coefficient (Wildman–Crippen LogP) is 3.22. The van der Waals surface area contributed by atoms with Crippen LogP contribution in [0.2, 0.25) is 0 Å². The van der Waals surface area contributed by atoms with E-state index in [1.54, 1.807) is 11.3 Å². The van der Waals surface area contributed by atoms with Gasteiger partial charge in [0.25, 0.3) is 0 Å². The normalized spacial score (nSPS) is 16.8. The number of benzene rings is 1. The quantitative estimate of drug-likeness (QED) is 0.512. The largest absolute Gasteiger partial charge is 0.379 e. The van der Waals surface area contributed by atoms with Crippen molar-refractivity contribution >= 4 is 17.3 Å². The van der Waals surface area contributed by atoms with E-state index in [1.807, 2.05) is 25.2 Å². The van der Waals surface area contributed by atoms with Gasteiger partial charge in [0.05, 0.1) is 25.5 Å². The Morgan fingerprint density at radius 1 is 1.21 bits per heavy atom. The van der Waals surface area contributed by atoms with Crippen LogP contribution < -0.4 is 10.6 Å². The molecule has 0 spiro atoms. The van der Waals surface area contributed by atoms with Crippen LogP contribution in [-0.4, -0.2) is 61.8 Å². The summed E-state index contributed by atoms with van der Waals surface area (Å²) in [7, 11) is 1.82. The Bertz CT molecular complexity index is 756. The summed E-state index contributed by atoms with van der Waals surface area (Å²) < 4.78 is 5.52. The van der Waals surface area contributed by atoms with Gasteiger partial charge in [0.2, 0.25) is 0 Å². The van der Waals surface area contributed by atoms with E-state index in [4.69, 9.17) is 9.72 Å². The van der Waals surface area contributed by atoms with Gasteiger partial charge in [-0.3, -0.25) is 9.89 Å². The molecule has 1 unspecified atom stereocenters. The molecule has 0 radical (unpaired) electrons. The van der Waals surface area contributed by atoms with E-state index in [9.17, 15) is 0 Å². The van der Waals surface area contributed by atoms with Gasteiger partial charge in [0.1, 0.15) is 5.01 Å². The van der Waals surface area contributed by atoms with Gasteiger partial charge < -0.3 is 15.4 Å². The molecular formula is C22H33N5OS. The first-order valence-corrected chi connectivity index (χ1v) is 11.3. The summed E-state index contributed by atoms with van der Waals surface area (Å²) in [5, 5.41) is 10.1. The lowest BCUT2D eigenvalue weighted by Gasteiger charge is -2.35. The number of nitrogens with one attached hydrogen (secondary N) is 2. The van der Waals surface area contributed by atoms with E-state index in [2.05, 4.69) is 51.9 Å². The van der Waals surface area contributed by atoms with Crippen molar-refractivity contribution in [1.82, 2.24) is 20.5 Å². The molecule has 0 saturated carbocycles. The molecule has 6 nitrogen and oxygen atoms in total. The van der Waals surface area contributed by atoms with Crippen LogP contribution >= 0.6 is 11.3 Å². The highest BCUT2D eigenvalue weighted by molar-refractivity contribution is 7.09. The van der Waals surface area contributed by atoms with Gasteiger partial charge in [-0.2, -0.15) is 0 Å². The van der Waals surface area contributed by atoms with Crippen LogP contribution in [0.25, 0.3) is 11.3 Å². The second-order valence-corrected chi connectivity index (χ2v) is 8.67. The Labute approximate surface area is 178 Å². The highest BCUT2D eigenvalue weighted by Gasteiger charge is 2.22. The molecule has 2 heterocycles. The molecule has 1 saturated heterocycles. The van der Waals surface area contributed by atoms with Crippen molar-refractivity contribution in [2.45, 2.75) is 32.9 Å². The molecule has 158 valence electrons. The van der Waals surface area contributed by atoms with Gasteiger partial charge in [0.15, 0.2) is 5.96 Å². The summed E-state index contributed by atoms with van der Waals surface area (Å²) in [6.45, 7) is 9.79. The van der Waals surface area contributed by atoms with Gasteiger partial charge in [-0.05, 0) is 12.3 Å². The van der Waals surface area contributed by atoms with E-state index in [0.29, 0.717) is 18.5 Å². The SMILES string of the molecule is CN=C(NCc1nc(-c2ccccc2)cs1)NCC(CC(C)C)N1CCOCC1. The fourth-order valence-corrected chi connectivity index (χ4v) is 4.32. The van der Waals surface area contributed by atoms with E-state index >= 15 is 0 Å². The summed E-state index contributed by atoms with van der Waals surface area (Å²) in [5.74, 6) is 1.48. The predicted molar refractivity (Wildman–Crippen MR) is 121 cm³/mol. The van der Waals surface area contributed by atoms with Crippen LogP contribution in [0, 0.1) is 5.92 Å². The van der Waals surface area contributed by atoms with Crippen molar-refractivity contribution in [3.63, 3.8) is 0 Å². The minimum absolute atomic E-state index is 0.488. The topological polar surface area (TPSA) is 61.8 Å². The number of thiazole rings is 1. The number of nitrogens with zero attached hydrogens (tertiary/aromatic N) is 3. The lowest BCUT2D eigenvalue weighted by molar-refractivity contribution is 0.0132. The molecule has 0 amide bonds. The van der Waals surface area contributed by atoms with Gasteiger partial charge in [-0.25, -0.2) is 4.98 Å². The zero-order valence-electron chi connectivity index (χ0n) is 17.7. The van der Waals surface area contributed by atoms with Crippen molar-refractivity contribution in [3.05, 3.63) is 40.7 Å². The monoisotopic (exact) mass is 415 g/mol. The average Bonchev–Trinajstić information content (AvgIpc) is 3.23. The molecule has 1 fully saturated rings. The Morgan fingerprint density at radius 2 is 1.97 bits per heavy atom. The average molecular weight is 416 g/mol. The number of ether oxygens (including phenoxy) is 1. The van der Waals surface area contributed by atoms with Crippen molar-refractivity contribution < 1.29 is 4.74 Å². The van der Waals surface area contributed by atoms with Crippen molar-refractivity contribution in [2.24, 2.45) is 10.9 Å². The summed E-state index contributed by atoms with van der Waals surface area (Å²) >= 11 is 1.67. The molecule has 1 aromatic carbocycles. The Morgan fingerprint density at radius 3 is 2.66 bits per heavy atom. The summed E-state index contributed by atoms with van der Waals surface area (Å²) in [6, 6.07) is 10.8. The fourth-order valence-electron chi connectivity index (χ4n) is 3.58. The highest BCUT2D eigenvalue weighted by atomic mass is 32.1. The molecule has 1 atom stereocenters. The Hall–Kier alpha value is -1.96. The zero-order chi connectivity index (χ0) is 20.5. The Balaban J connectivity index is 1.51. The third kappa shape index (κ3) is 6.80. The fraction of sp³-hybridized carbons (Fsp3) is 0.545. The van der Waals surface area contributed by atoms with E-state index < -0.39 is 0 Å². The second-order valence-electron chi connectivity index (χ2n) is 7.73. The molecule has 0 aliphatic carbocycles. The van der Waals surface area contributed by atoms with Crippen LogP contribution in [0.3, 0.4) is 0 Å². The van der Waals surface area contributed by atoms with Crippen molar-refractivity contribution in [3.8, 4) is 11.3 Å². The molecule has 1 aromatic heterocycles. The number of hydrogen-bond acceptors (Lipinski definition) is 5. The van der Waals surface area contributed by atoms with Crippen LogP contribution in [0.4, 0.5) is 0 Å². The summed E-state index contributed by atoms with van der Waals surface area (Å²) in [5.41, 5.74) is 2.18. The number of hydrogen-bond donors (Lipinski definition) is 2. The minimum atomic E-state index is 0.488. The third-order valence-electron chi connectivity index (χ3n) is 5.06. The van der Waals surface area contributed by atoms with Gasteiger partial charge >= 0.3 is 0 Å². The first-order valence-electron chi connectivity index (χ1n) is 10.4. The molecule has 7 heteroatoms. The Kier molecular flexibility index (Phi) is 8.46. The molecule has 1 aliphatic heterocycles. The molecule has 0 bridgehead atoms. The molecule has 29 heavy (non-hydrogen) atoms. The lowest BCUT2D eigenvalue weighted by atomic mass is 10.0. The second kappa shape index (κ2) is 11.3. The summed E-state index contributed by atoms with van der Waals surface area (Å²) in [6.07, 6.45) is 1.16. The number of aliphatic imine (C=N–C) groups is 1. The summed E-state index contributed by atoms with van der Waals surface area (Å²) in [4.78, 5) is 11.7. The molecule has 2 aromatic rings. The van der Waals surface area contributed by atoms with Crippen molar-refractivity contribution in [2.75, 3.05) is 39.9 Å². The maximum absolute atomic E-state index is 5.52. The van der Waals surface area contributed by atoms with Crippen LogP contribution in [0.5, 0.6) is 0 Å². The standard InChI is InChI=1S/C22H33N5OS/c1-17(2)13-19(27-9-11-28-12-10-27)14-24-22(23-3)25-15-21-26-20(16-29-21)18-7-5-4-6-8-18/h4-8,16-17,19H,9-15H2,1-3H3,(H2,23,24,25). The number of aromatic nitrogens is 1. The lowest BCUT2D eigenvalue weighted by Crippen LogP contribution is -2.50.